The van der Waals surface area contributed by atoms with Crippen molar-refractivity contribution in [3.05, 3.63) is 65.2 Å². The summed E-state index contributed by atoms with van der Waals surface area (Å²) in [5.74, 6) is 9.15. The highest BCUT2D eigenvalue weighted by Gasteiger charge is 2.21. The minimum Gasteiger partial charge on any atom is -0.494 e. The van der Waals surface area contributed by atoms with Gasteiger partial charge in [-0.25, -0.2) is 0 Å². The van der Waals surface area contributed by atoms with E-state index < -0.39 is 0 Å². The number of hydrogen-bond donors (Lipinski definition) is 0. The second-order valence-corrected chi connectivity index (χ2v) is 9.10. The molecule has 0 unspecified atom stereocenters. The highest BCUT2D eigenvalue weighted by atomic mass is 16.5. The molecule has 0 spiro atoms. The molecule has 1 aliphatic rings. The molecule has 1 nitrogen and oxygen atoms in total. The highest BCUT2D eigenvalue weighted by Crippen LogP contribution is 2.35. The summed E-state index contributed by atoms with van der Waals surface area (Å²) in [6, 6.07) is 17.7. The lowest BCUT2D eigenvalue weighted by atomic mass is 9.78. The van der Waals surface area contributed by atoms with Gasteiger partial charge in [0.05, 0.1) is 6.61 Å². The predicted octanol–water partition coefficient (Wildman–Crippen LogP) is 8.31. The molecule has 0 atom stereocenters. The van der Waals surface area contributed by atoms with Gasteiger partial charge in [0.1, 0.15) is 5.75 Å². The van der Waals surface area contributed by atoms with Crippen molar-refractivity contribution in [1.29, 1.82) is 0 Å². The molecular formula is C30H40O. The van der Waals surface area contributed by atoms with Crippen LogP contribution in [0.1, 0.15) is 101 Å². The minimum atomic E-state index is 0.537. The van der Waals surface area contributed by atoms with Gasteiger partial charge in [0.15, 0.2) is 0 Å². The molecule has 0 radical (unpaired) electrons. The minimum absolute atomic E-state index is 0.537. The van der Waals surface area contributed by atoms with Crippen molar-refractivity contribution in [3.63, 3.8) is 0 Å². The van der Waals surface area contributed by atoms with Crippen molar-refractivity contribution in [3.8, 4) is 17.6 Å². The molecule has 0 N–H and O–H groups in total. The summed E-state index contributed by atoms with van der Waals surface area (Å²) in [4.78, 5) is 0. The maximum atomic E-state index is 5.83. The highest BCUT2D eigenvalue weighted by molar-refractivity contribution is 5.38. The smallest absolute Gasteiger partial charge is 0.119 e. The summed E-state index contributed by atoms with van der Waals surface area (Å²) in [6.45, 7) is 5.31. The lowest BCUT2D eigenvalue weighted by molar-refractivity contribution is 0.305. The lowest BCUT2D eigenvalue weighted by Crippen LogP contribution is -2.12. The van der Waals surface area contributed by atoms with Crippen LogP contribution in [-0.2, 0) is 6.42 Å². The molecule has 0 bridgehead atoms. The molecule has 1 aliphatic carbocycles. The van der Waals surface area contributed by atoms with Gasteiger partial charge in [-0.05, 0) is 86.3 Å². The Morgan fingerprint density at radius 2 is 1.48 bits per heavy atom. The number of hydrogen-bond acceptors (Lipinski definition) is 1. The Labute approximate surface area is 190 Å². The SMILES string of the molecule is CCCCCCOc1ccc(C#C[C@H]2CC[C@H](c3ccc(CCCC)cc3)CC2)cc1. The zero-order chi connectivity index (χ0) is 21.7. The van der Waals surface area contributed by atoms with E-state index in [1.54, 1.807) is 0 Å². The number of ether oxygens (including phenoxy) is 1. The van der Waals surface area contributed by atoms with E-state index in [1.807, 2.05) is 0 Å². The van der Waals surface area contributed by atoms with Gasteiger partial charge >= 0.3 is 0 Å². The van der Waals surface area contributed by atoms with Crippen LogP contribution in [-0.4, -0.2) is 6.61 Å². The van der Waals surface area contributed by atoms with Crippen LogP contribution in [0.15, 0.2) is 48.5 Å². The molecular weight excluding hydrogens is 376 g/mol. The number of benzene rings is 2. The van der Waals surface area contributed by atoms with Crippen LogP contribution in [0.2, 0.25) is 0 Å². The zero-order valence-electron chi connectivity index (χ0n) is 19.7. The summed E-state index contributed by atoms with van der Waals surface area (Å²) in [6.07, 6.45) is 13.7. The van der Waals surface area contributed by atoms with E-state index in [2.05, 4.69) is 74.2 Å². The monoisotopic (exact) mass is 416 g/mol. The summed E-state index contributed by atoms with van der Waals surface area (Å²) in [5, 5.41) is 0. The van der Waals surface area contributed by atoms with Crippen LogP contribution in [0.5, 0.6) is 5.75 Å². The quantitative estimate of drug-likeness (QED) is 0.279. The topological polar surface area (TPSA) is 9.23 Å². The first-order chi connectivity index (χ1) is 15.3. The largest absolute Gasteiger partial charge is 0.494 e. The Bertz CT molecular complexity index is 798. The first-order valence-electron chi connectivity index (χ1n) is 12.6. The Morgan fingerprint density at radius 1 is 0.774 bits per heavy atom. The average Bonchev–Trinajstić information content (AvgIpc) is 2.83. The lowest BCUT2D eigenvalue weighted by Gasteiger charge is -2.26. The molecule has 3 rings (SSSR count). The molecule has 166 valence electrons. The second kappa shape index (κ2) is 13.3. The molecule has 0 aromatic heterocycles. The van der Waals surface area contributed by atoms with Crippen LogP contribution in [0.3, 0.4) is 0 Å². The van der Waals surface area contributed by atoms with E-state index in [1.165, 1.54) is 75.3 Å². The van der Waals surface area contributed by atoms with Gasteiger partial charge in [0.25, 0.3) is 0 Å². The second-order valence-electron chi connectivity index (χ2n) is 9.10. The van der Waals surface area contributed by atoms with Crippen molar-refractivity contribution < 1.29 is 4.74 Å². The molecule has 2 aromatic rings. The van der Waals surface area contributed by atoms with E-state index >= 15 is 0 Å². The number of rotatable bonds is 10. The van der Waals surface area contributed by atoms with Crippen LogP contribution in [0.4, 0.5) is 0 Å². The summed E-state index contributed by atoms with van der Waals surface area (Å²) in [5.41, 5.74) is 4.11. The van der Waals surface area contributed by atoms with Gasteiger partial charge in [0, 0.05) is 11.5 Å². The molecule has 1 fully saturated rings. The van der Waals surface area contributed by atoms with Crippen LogP contribution >= 0.6 is 0 Å². The van der Waals surface area contributed by atoms with Gasteiger partial charge in [-0.2, -0.15) is 0 Å². The first-order valence-corrected chi connectivity index (χ1v) is 12.6. The molecule has 31 heavy (non-hydrogen) atoms. The predicted molar refractivity (Wildman–Crippen MR) is 133 cm³/mol. The molecule has 2 aromatic carbocycles. The molecule has 1 saturated carbocycles. The van der Waals surface area contributed by atoms with Crippen molar-refractivity contribution in [2.75, 3.05) is 6.61 Å². The number of unbranched alkanes of at least 4 members (excludes halogenated alkanes) is 4. The van der Waals surface area contributed by atoms with Gasteiger partial charge in [-0.15, -0.1) is 0 Å². The Kier molecular flexibility index (Phi) is 10.0. The fraction of sp³-hybridized carbons (Fsp3) is 0.533. The Hall–Kier alpha value is -2.20. The Balaban J connectivity index is 1.42. The molecule has 0 amide bonds. The molecule has 1 heteroatoms. The summed E-state index contributed by atoms with van der Waals surface area (Å²) in [7, 11) is 0. The van der Waals surface area contributed by atoms with Gasteiger partial charge in [0.2, 0.25) is 0 Å². The van der Waals surface area contributed by atoms with E-state index in [0.717, 1.165) is 24.3 Å². The maximum absolute atomic E-state index is 5.83. The third kappa shape index (κ3) is 8.10. The molecule has 0 aliphatic heterocycles. The fourth-order valence-corrected chi connectivity index (χ4v) is 4.45. The third-order valence-corrected chi connectivity index (χ3v) is 6.54. The van der Waals surface area contributed by atoms with E-state index in [9.17, 15) is 0 Å². The van der Waals surface area contributed by atoms with Crippen molar-refractivity contribution in [2.45, 2.75) is 90.4 Å². The third-order valence-electron chi connectivity index (χ3n) is 6.54. The van der Waals surface area contributed by atoms with Crippen LogP contribution < -0.4 is 4.74 Å². The first kappa shape index (κ1) is 23.5. The fourth-order valence-electron chi connectivity index (χ4n) is 4.45. The zero-order valence-corrected chi connectivity index (χ0v) is 19.7. The molecule has 0 heterocycles. The number of aryl methyl sites for hydroxylation is 1. The van der Waals surface area contributed by atoms with E-state index in [-0.39, 0.29) is 0 Å². The van der Waals surface area contributed by atoms with Crippen molar-refractivity contribution in [1.82, 2.24) is 0 Å². The van der Waals surface area contributed by atoms with Crippen LogP contribution in [0.25, 0.3) is 0 Å². The van der Waals surface area contributed by atoms with Crippen molar-refractivity contribution >= 4 is 0 Å². The maximum Gasteiger partial charge on any atom is 0.119 e. The standard InChI is InChI=1S/C30H40O/c1-3-5-7-8-24-31-30-22-16-27(17-23-30)11-10-26-14-20-29(21-15-26)28-18-12-25(13-19-28)9-6-4-2/h12-13,16-19,22-23,26,29H,3-9,14-15,20-21,24H2,1-2H3/t26-,29-. The average molecular weight is 417 g/mol. The van der Waals surface area contributed by atoms with E-state index in [4.69, 9.17) is 4.74 Å². The summed E-state index contributed by atoms with van der Waals surface area (Å²) < 4.78 is 5.83. The summed E-state index contributed by atoms with van der Waals surface area (Å²) >= 11 is 0. The normalized spacial score (nSPS) is 18.3. The van der Waals surface area contributed by atoms with Crippen molar-refractivity contribution in [2.24, 2.45) is 5.92 Å². The van der Waals surface area contributed by atoms with E-state index in [0.29, 0.717) is 11.8 Å². The molecule has 0 saturated heterocycles. The Morgan fingerprint density at radius 3 is 2.16 bits per heavy atom. The van der Waals surface area contributed by atoms with Gasteiger partial charge < -0.3 is 4.74 Å². The van der Waals surface area contributed by atoms with Crippen LogP contribution in [0, 0.1) is 17.8 Å². The van der Waals surface area contributed by atoms with Gasteiger partial charge in [-0.1, -0.05) is 75.6 Å². The van der Waals surface area contributed by atoms with Gasteiger partial charge in [-0.3, -0.25) is 0 Å².